The number of carbonyl (C=O) groups is 1. The summed E-state index contributed by atoms with van der Waals surface area (Å²) < 4.78 is 0. The first-order valence-electron chi connectivity index (χ1n) is 6.72. The van der Waals surface area contributed by atoms with Crippen LogP contribution in [0.25, 0.3) is 0 Å². The van der Waals surface area contributed by atoms with E-state index in [1.165, 1.54) is 5.56 Å². The molecule has 0 fully saturated rings. The van der Waals surface area contributed by atoms with Crippen LogP contribution in [0.5, 0.6) is 0 Å². The fourth-order valence-corrected chi connectivity index (χ4v) is 2.10. The first kappa shape index (κ1) is 13.5. The maximum atomic E-state index is 11.9. The molecule has 3 heteroatoms. The van der Waals surface area contributed by atoms with Crippen molar-refractivity contribution in [3.63, 3.8) is 0 Å². The number of nitrogens with zero attached hydrogens (tertiary/aromatic N) is 1. The maximum Gasteiger partial charge on any atom is 0.271 e. The van der Waals surface area contributed by atoms with E-state index in [1.54, 1.807) is 0 Å². The van der Waals surface area contributed by atoms with Crippen LogP contribution in [0.15, 0.2) is 35.5 Å². The number of allylic oxidation sites excluding steroid dienone is 2. The zero-order chi connectivity index (χ0) is 13.7. The molecule has 0 bridgehead atoms. The Morgan fingerprint density at radius 3 is 2.84 bits per heavy atom. The van der Waals surface area contributed by atoms with Gasteiger partial charge in [0.2, 0.25) is 0 Å². The number of benzene rings is 1. The second-order valence-corrected chi connectivity index (χ2v) is 5.06. The zero-order valence-electron chi connectivity index (χ0n) is 11.5. The summed E-state index contributed by atoms with van der Waals surface area (Å²) >= 11 is 0. The van der Waals surface area contributed by atoms with Crippen molar-refractivity contribution < 1.29 is 4.79 Å². The summed E-state index contributed by atoms with van der Waals surface area (Å²) in [5.41, 5.74) is 5.56. The third-order valence-electron chi connectivity index (χ3n) is 3.53. The Kier molecular flexibility index (Phi) is 4.50. The molecule has 0 saturated carbocycles. The molecular formula is C16H20N2O. The summed E-state index contributed by atoms with van der Waals surface area (Å²) in [7, 11) is 0. The lowest BCUT2D eigenvalue weighted by Gasteiger charge is -2.11. The summed E-state index contributed by atoms with van der Waals surface area (Å²) in [5, 5.41) is 4.07. The number of nitrogens with one attached hydrogen (secondary N) is 1. The van der Waals surface area contributed by atoms with Crippen molar-refractivity contribution in [2.75, 3.05) is 0 Å². The van der Waals surface area contributed by atoms with Gasteiger partial charge in [-0.15, -0.1) is 0 Å². The summed E-state index contributed by atoms with van der Waals surface area (Å²) in [5.74, 6) is 0.302. The van der Waals surface area contributed by atoms with Gasteiger partial charge in [-0.1, -0.05) is 18.2 Å². The monoisotopic (exact) mass is 256 g/mol. The van der Waals surface area contributed by atoms with Gasteiger partial charge in [0.05, 0.1) is 0 Å². The molecule has 0 saturated heterocycles. The van der Waals surface area contributed by atoms with E-state index < -0.39 is 0 Å². The number of hydrogen-bond acceptors (Lipinski definition) is 2. The number of carbonyl (C=O) groups excluding carboxylic acids is 1. The second-order valence-electron chi connectivity index (χ2n) is 5.06. The molecule has 1 aromatic rings. The van der Waals surface area contributed by atoms with E-state index in [2.05, 4.69) is 22.7 Å². The third-order valence-corrected chi connectivity index (χ3v) is 3.53. The third kappa shape index (κ3) is 3.78. The van der Waals surface area contributed by atoms with Gasteiger partial charge in [0.1, 0.15) is 0 Å². The van der Waals surface area contributed by atoms with E-state index in [-0.39, 0.29) is 5.91 Å². The predicted molar refractivity (Wildman–Crippen MR) is 78.4 cm³/mol. The van der Waals surface area contributed by atoms with Crippen molar-refractivity contribution in [1.29, 1.82) is 0 Å². The second kappa shape index (κ2) is 6.32. The predicted octanol–water partition coefficient (Wildman–Crippen LogP) is 3.38. The maximum absolute atomic E-state index is 11.9. The first-order chi connectivity index (χ1) is 9.16. The van der Waals surface area contributed by atoms with Crippen molar-refractivity contribution in [2.45, 2.75) is 33.1 Å². The van der Waals surface area contributed by atoms with Gasteiger partial charge in [0, 0.05) is 11.8 Å². The van der Waals surface area contributed by atoms with Gasteiger partial charge in [0.25, 0.3) is 5.91 Å². The summed E-state index contributed by atoms with van der Waals surface area (Å²) in [6, 6.07) is 5.68. The molecule has 2 rings (SSSR count). The standard InChI is InChI=1S/C16H20N2O/c1-12-8-9-15(10-13(12)2)16(19)18-17-11-14-6-4-3-5-7-14/h3-4,8-11,14H,5-7H2,1-2H3,(H,18,19)/b17-11+. The Morgan fingerprint density at radius 2 is 2.16 bits per heavy atom. The molecule has 1 aliphatic rings. The van der Waals surface area contributed by atoms with Crippen molar-refractivity contribution in [2.24, 2.45) is 11.0 Å². The molecule has 1 aromatic carbocycles. The minimum Gasteiger partial charge on any atom is -0.267 e. The first-order valence-corrected chi connectivity index (χ1v) is 6.72. The molecule has 0 spiro atoms. The Hall–Kier alpha value is -1.90. The lowest BCUT2D eigenvalue weighted by Crippen LogP contribution is -2.19. The number of amides is 1. The molecule has 0 radical (unpaired) electrons. The highest BCUT2D eigenvalue weighted by molar-refractivity contribution is 5.94. The van der Waals surface area contributed by atoms with Crippen LogP contribution in [0.1, 0.15) is 40.7 Å². The molecule has 1 unspecified atom stereocenters. The average molecular weight is 256 g/mol. The zero-order valence-corrected chi connectivity index (χ0v) is 11.5. The van der Waals surface area contributed by atoms with E-state index >= 15 is 0 Å². The van der Waals surface area contributed by atoms with Crippen LogP contribution in [-0.2, 0) is 0 Å². The highest BCUT2D eigenvalue weighted by atomic mass is 16.2. The highest BCUT2D eigenvalue weighted by Crippen LogP contribution is 2.15. The van der Waals surface area contributed by atoms with Crippen LogP contribution in [0, 0.1) is 19.8 Å². The SMILES string of the molecule is Cc1ccc(C(=O)N/N=C/C2CC=CCC2)cc1C. The Balaban J connectivity index is 1.91. The van der Waals surface area contributed by atoms with Gasteiger partial charge in [-0.2, -0.15) is 5.10 Å². The van der Waals surface area contributed by atoms with Crippen LogP contribution in [0.3, 0.4) is 0 Å². The summed E-state index contributed by atoms with van der Waals surface area (Å²) in [4.78, 5) is 11.9. The smallest absolute Gasteiger partial charge is 0.267 e. The molecule has 0 aromatic heterocycles. The highest BCUT2D eigenvalue weighted by Gasteiger charge is 2.08. The molecule has 1 N–H and O–H groups in total. The van der Waals surface area contributed by atoms with E-state index in [1.807, 2.05) is 38.3 Å². The Morgan fingerprint density at radius 1 is 1.32 bits per heavy atom. The number of hydrogen-bond donors (Lipinski definition) is 1. The fraction of sp³-hybridized carbons (Fsp3) is 0.375. The summed E-state index contributed by atoms with van der Waals surface area (Å²) in [6.07, 6.45) is 9.44. The molecule has 100 valence electrons. The number of rotatable bonds is 3. The minimum absolute atomic E-state index is 0.147. The molecule has 3 nitrogen and oxygen atoms in total. The van der Waals surface area contributed by atoms with E-state index in [0.717, 1.165) is 24.8 Å². The van der Waals surface area contributed by atoms with Crippen molar-refractivity contribution in [1.82, 2.24) is 5.43 Å². The Bertz CT molecular complexity index is 517. The number of hydrazone groups is 1. The normalized spacial score (nSPS) is 18.7. The molecular weight excluding hydrogens is 236 g/mol. The van der Waals surface area contributed by atoms with Crippen LogP contribution in [0.4, 0.5) is 0 Å². The average Bonchev–Trinajstić information content (AvgIpc) is 2.43. The lowest BCUT2D eigenvalue weighted by molar-refractivity contribution is 0.0955. The van der Waals surface area contributed by atoms with E-state index in [9.17, 15) is 4.79 Å². The van der Waals surface area contributed by atoms with Gasteiger partial charge >= 0.3 is 0 Å². The molecule has 0 heterocycles. The van der Waals surface area contributed by atoms with E-state index in [0.29, 0.717) is 11.5 Å². The fourth-order valence-electron chi connectivity index (χ4n) is 2.10. The quantitative estimate of drug-likeness (QED) is 0.503. The van der Waals surface area contributed by atoms with Crippen molar-refractivity contribution >= 4 is 12.1 Å². The molecule has 1 amide bonds. The molecule has 1 atom stereocenters. The number of aryl methyl sites for hydroxylation is 2. The summed E-state index contributed by atoms with van der Waals surface area (Å²) in [6.45, 7) is 4.04. The van der Waals surface area contributed by atoms with Crippen LogP contribution in [-0.4, -0.2) is 12.1 Å². The van der Waals surface area contributed by atoms with Crippen LogP contribution >= 0.6 is 0 Å². The van der Waals surface area contributed by atoms with Gasteiger partial charge < -0.3 is 0 Å². The molecule has 19 heavy (non-hydrogen) atoms. The lowest BCUT2D eigenvalue weighted by atomic mass is 9.96. The molecule has 0 aliphatic heterocycles. The van der Waals surface area contributed by atoms with Crippen LogP contribution < -0.4 is 5.43 Å². The van der Waals surface area contributed by atoms with Gasteiger partial charge in [-0.25, -0.2) is 5.43 Å². The van der Waals surface area contributed by atoms with Crippen LogP contribution in [0.2, 0.25) is 0 Å². The largest absolute Gasteiger partial charge is 0.271 e. The van der Waals surface area contributed by atoms with Gasteiger partial charge in [-0.3, -0.25) is 4.79 Å². The Labute approximate surface area is 114 Å². The van der Waals surface area contributed by atoms with Crippen molar-refractivity contribution in [3.05, 3.63) is 47.0 Å². The minimum atomic E-state index is -0.147. The van der Waals surface area contributed by atoms with E-state index in [4.69, 9.17) is 0 Å². The van der Waals surface area contributed by atoms with Crippen molar-refractivity contribution in [3.8, 4) is 0 Å². The van der Waals surface area contributed by atoms with Gasteiger partial charge in [0.15, 0.2) is 0 Å². The topological polar surface area (TPSA) is 41.5 Å². The van der Waals surface area contributed by atoms with Gasteiger partial charge in [-0.05, 0) is 62.3 Å². The molecule has 1 aliphatic carbocycles.